The third-order valence-corrected chi connectivity index (χ3v) is 3.42. The van der Waals surface area contributed by atoms with Crippen LogP contribution in [0.15, 0.2) is 30.3 Å². The number of amides is 2. The van der Waals surface area contributed by atoms with Crippen LogP contribution in [0.25, 0.3) is 0 Å². The molecule has 1 aromatic carbocycles. The van der Waals surface area contributed by atoms with E-state index in [4.69, 9.17) is 0 Å². The molecule has 0 fully saturated rings. The molecule has 0 aliphatic rings. The van der Waals surface area contributed by atoms with Crippen molar-refractivity contribution in [1.29, 1.82) is 0 Å². The van der Waals surface area contributed by atoms with Crippen LogP contribution in [0.3, 0.4) is 0 Å². The van der Waals surface area contributed by atoms with Crippen molar-refractivity contribution in [3.63, 3.8) is 0 Å². The highest BCUT2D eigenvalue weighted by Gasteiger charge is 2.08. The van der Waals surface area contributed by atoms with E-state index in [2.05, 4.69) is 24.5 Å². The molecule has 0 bridgehead atoms. The van der Waals surface area contributed by atoms with Gasteiger partial charge in [0.25, 0.3) is 5.91 Å². The molecule has 4 nitrogen and oxygen atoms in total. The molecule has 0 saturated heterocycles. The molecule has 0 aromatic heterocycles. The molecule has 2 amide bonds. The Kier molecular flexibility index (Phi) is 7.40. The van der Waals surface area contributed by atoms with Gasteiger partial charge >= 0.3 is 0 Å². The summed E-state index contributed by atoms with van der Waals surface area (Å²) in [5, 5.41) is 5.65. The maximum Gasteiger partial charge on any atom is 0.251 e. The Hall–Kier alpha value is -1.84. The first-order chi connectivity index (χ1) is 9.67. The van der Waals surface area contributed by atoms with Crippen molar-refractivity contribution in [3.05, 3.63) is 35.9 Å². The highest BCUT2D eigenvalue weighted by molar-refractivity contribution is 5.94. The van der Waals surface area contributed by atoms with Crippen LogP contribution in [0.1, 0.15) is 43.5 Å². The zero-order chi connectivity index (χ0) is 14.8. The van der Waals surface area contributed by atoms with Gasteiger partial charge in [-0.1, -0.05) is 44.9 Å². The number of rotatable bonds is 8. The highest BCUT2D eigenvalue weighted by Crippen LogP contribution is 2.05. The molecule has 2 N–H and O–H groups in total. The van der Waals surface area contributed by atoms with E-state index < -0.39 is 0 Å². The van der Waals surface area contributed by atoms with E-state index in [1.54, 1.807) is 12.1 Å². The van der Waals surface area contributed by atoms with Gasteiger partial charge in [0.05, 0.1) is 0 Å². The molecule has 1 aromatic rings. The van der Waals surface area contributed by atoms with Crippen LogP contribution >= 0.6 is 0 Å². The van der Waals surface area contributed by atoms with Crippen LogP contribution in [0, 0.1) is 5.92 Å². The Labute approximate surface area is 121 Å². The van der Waals surface area contributed by atoms with Crippen LogP contribution in [-0.4, -0.2) is 24.9 Å². The first kappa shape index (κ1) is 16.2. The maximum atomic E-state index is 11.7. The molecular formula is C16H24N2O2. The van der Waals surface area contributed by atoms with Crippen LogP contribution in [0.4, 0.5) is 0 Å². The molecule has 0 heterocycles. The summed E-state index contributed by atoms with van der Waals surface area (Å²) < 4.78 is 0. The molecule has 0 aliphatic heterocycles. The van der Waals surface area contributed by atoms with Gasteiger partial charge in [-0.2, -0.15) is 0 Å². The fraction of sp³-hybridized carbons (Fsp3) is 0.500. The highest BCUT2D eigenvalue weighted by atomic mass is 16.2. The average molecular weight is 276 g/mol. The molecule has 20 heavy (non-hydrogen) atoms. The third-order valence-electron chi connectivity index (χ3n) is 3.42. The predicted octanol–water partition coefficient (Wildman–Crippen LogP) is 2.36. The molecule has 0 radical (unpaired) electrons. The SMILES string of the molecule is CCC(CC)CNC(=O)CCNC(=O)c1ccccc1. The summed E-state index contributed by atoms with van der Waals surface area (Å²) in [5.74, 6) is 0.390. The van der Waals surface area contributed by atoms with Gasteiger partial charge in [-0.15, -0.1) is 0 Å². The monoisotopic (exact) mass is 276 g/mol. The Balaban J connectivity index is 2.20. The second kappa shape index (κ2) is 9.13. The van der Waals surface area contributed by atoms with Crippen molar-refractivity contribution in [2.24, 2.45) is 5.92 Å². The number of carbonyl (C=O) groups excluding carboxylic acids is 2. The molecule has 0 spiro atoms. The minimum atomic E-state index is -0.140. The van der Waals surface area contributed by atoms with Gasteiger partial charge in [-0.05, 0) is 18.1 Å². The molecule has 0 atom stereocenters. The largest absolute Gasteiger partial charge is 0.356 e. The quantitative estimate of drug-likeness (QED) is 0.766. The van der Waals surface area contributed by atoms with Gasteiger partial charge in [0.1, 0.15) is 0 Å². The number of nitrogens with one attached hydrogen (secondary N) is 2. The van der Waals surface area contributed by atoms with E-state index in [-0.39, 0.29) is 11.8 Å². The summed E-state index contributed by atoms with van der Waals surface area (Å²) in [6, 6.07) is 9.00. The van der Waals surface area contributed by atoms with Crippen LogP contribution in [0.2, 0.25) is 0 Å². The van der Waals surface area contributed by atoms with E-state index in [1.165, 1.54) is 0 Å². The lowest BCUT2D eigenvalue weighted by molar-refractivity contribution is -0.121. The van der Waals surface area contributed by atoms with E-state index in [0.717, 1.165) is 19.4 Å². The second-order valence-corrected chi connectivity index (χ2v) is 4.86. The Morgan fingerprint density at radius 3 is 2.30 bits per heavy atom. The lowest BCUT2D eigenvalue weighted by Gasteiger charge is -2.13. The molecule has 0 aliphatic carbocycles. The Bertz CT molecular complexity index is 414. The summed E-state index contributed by atoms with van der Waals surface area (Å²) in [5.41, 5.74) is 0.616. The van der Waals surface area contributed by atoms with E-state index in [0.29, 0.717) is 24.4 Å². The van der Waals surface area contributed by atoms with E-state index in [9.17, 15) is 9.59 Å². The first-order valence-corrected chi connectivity index (χ1v) is 7.27. The molecule has 110 valence electrons. The van der Waals surface area contributed by atoms with Gasteiger partial charge in [-0.3, -0.25) is 9.59 Å². The van der Waals surface area contributed by atoms with Crippen molar-refractivity contribution >= 4 is 11.8 Å². The minimum Gasteiger partial charge on any atom is -0.356 e. The van der Waals surface area contributed by atoms with E-state index in [1.807, 2.05) is 18.2 Å². The van der Waals surface area contributed by atoms with Gasteiger partial charge in [0.2, 0.25) is 5.91 Å². The number of carbonyl (C=O) groups is 2. The summed E-state index contributed by atoms with van der Waals surface area (Å²) in [4.78, 5) is 23.4. The van der Waals surface area contributed by atoms with Gasteiger partial charge in [0, 0.05) is 25.1 Å². The first-order valence-electron chi connectivity index (χ1n) is 7.27. The second-order valence-electron chi connectivity index (χ2n) is 4.86. The number of hydrogen-bond donors (Lipinski definition) is 2. The molecular weight excluding hydrogens is 252 g/mol. The summed E-state index contributed by atoms with van der Waals surface area (Å²) >= 11 is 0. The van der Waals surface area contributed by atoms with Crippen molar-refractivity contribution in [2.45, 2.75) is 33.1 Å². The minimum absolute atomic E-state index is 0.00902. The van der Waals surface area contributed by atoms with Crippen LogP contribution in [0.5, 0.6) is 0 Å². The summed E-state index contributed by atoms with van der Waals surface area (Å²) in [7, 11) is 0. The normalized spacial score (nSPS) is 10.3. The third kappa shape index (κ3) is 5.87. The topological polar surface area (TPSA) is 58.2 Å². The zero-order valence-corrected chi connectivity index (χ0v) is 12.3. The number of hydrogen-bond acceptors (Lipinski definition) is 2. The van der Waals surface area contributed by atoms with Crippen molar-refractivity contribution in [1.82, 2.24) is 10.6 Å². The predicted molar refractivity (Wildman–Crippen MR) is 80.5 cm³/mol. The zero-order valence-electron chi connectivity index (χ0n) is 12.3. The van der Waals surface area contributed by atoms with Gasteiger partial charge < -0.3 is 10.6 Å². The maximum absolute atomic E-state index is 11.7. The van der Waals surface area contributed by atoms with Gasteiger partial charge in [0.15, 0.2) is 0 Å². The molecule has 4 heteroatoms. The fourth-order valence-electron chi connectivity index (χ4n) is 1.91. The molecule has 0 saturated carbocycles. The van der Waals surface area contributed by atoms with Gasteiger partial charge in [-0.25, -0.2) is 0 Å². The van der Waals surface area contributed by atoms with Crippen molar-refractivity contribution in [3.8, 4) is 0 Å². The van der Waals surface area contributed by atoms with Crippen molar-refractivity contribution in [2.75, 3.05) is 13.1 Å². The van der Waals surface area contributed by atoms with Crippen molar-refractivity contribution < 1.29 is 9.59 Å². The summed E-state index contributed by atoms with van der Waals surface area (Å²) in [6.07, 6.45) is 2.46. The fourth-order valence-corrected chi connectivity index (χ4v) is 1.91. The van der Waals surface area contributed by atoms with E-state index >= 15 is 0 Å². The smallest absolute Gasteiger partial charge is 0.251 e. The standard InChI is InChI=1S/C16H24N2O2/c1-3-13(4-2)12-18-15(19)10-11-17-16(20)14-8-6-5-7-9-14/h5-9,13H,3-4,10-12H2,1-2H3,(H,17,20)(H,18,19). The summed E-state index contributed by atoms with van der Waals surface area (Å²) in [6.45, 7) is 5.34. The van der Waals surface area contributed by atoms with Crippen LogP contribution in [-0.2, 0) is 4.79 Å². The Morgan fingerprint density at radius 2 is 1.70 bits per heavy atom. The lowest BCUT2D eigenvalue weighted by Crippen LogP contribution is -2.33. The molecule has 1 rings (SSSR count). The number of benzene rings is 1. The molecule has 0 unspecified atom stereocenters. The lowest BCUT2D eigenvalue weighted by atomic mass is 10.0. The average Bonchev–Trinajstić information content (AvgIpc) is 2.49. The Morgan fingerprint density at radius 1 is 1.05 bits per heavy atom. The van der Waals surface area contributed by atoms with Crippen LogP contribution < -0.4 is 10.6 Å².